The first-order valence-corrected chi connectivity index (χ1v) is 12.7. The molecule has 1 nitrogen and oxygen atoms in total. The van der Waals surface area contributed by atoms with Crippen LogP contribution in [0.15, 0.2) is 11.6 Å². The Morgan fingerprint density at radius 2 is 1.79 bits per heavy atom. The van der Waals surface area contributed by atoms with Crippen LogP contribution in [0.5, 0.6) is 0 Å². The van der Waals surface area contributed by atoms with E-state index >= 15 is 0 Å². The fourth-order valence-corrected chi connectivity index (χ4v) is 8.29. The first kappa shape index (κ1) is 21.0. The van der Waals surface area contributed by atoms with E-state index in [4.69, 9.17) is 4.74 Å². The lowest BCUT2D eigenvalue weighted by molar-refractivity contribution is -0.0226. The molecule has 0 bridgehead atoms. The van der Waals surface area contributed by atoms with Gasteiger partial charge in [-0.2, -0.15) is 0 Å². The highest BCUT2D eigenvalue weighted by Gasteiger charge is 2.54. The summed E-state index contributed by atoms with van der Waals surface area (Å²) in [6, 6.07) is 0. The molecule has 0 saturated heterocycles. The zero-order valence-electron chi connectivity index (χ0n) is 19.4. The van der Waals surface area contributed by atoms with Crippen molar-refractivity contribution >= 4 is 0 Å². The van der Waals surface area contributed by atoms with Crippen LogP contribution < -0.4 is 0 Å². The second-order valence-corrected chi connectivity index (χ2v) is 11.7. The Hall–Kier alpha value is -0.300. The highest BCUT2D eigenvalue weighted by molar-refractivity contribution is 5.24. The van der Waals surface area contributed by atoms with Crippen LogP contribution in [0.2, 0.25) is 0 Å². The first-order chi connectivity index (χ1) is 13.4. The minimum atomic E-state index is 0.481. The number of hydrogen-bond acceptors (Lipinski definition) is 1. The summed E-state index contributed by atoms with van der Waals surface area (Å²) < 4.78 is 5.74. The maximum Gasteiger partial charge on any atom is 0.0608 e. The molecule has 0 N–H and O–H groups in total. The van der Waals surface area contributed by atoms with Crippen molar-refractivity contribution < 1.29 is 4.74 Å². The monoisotopic (exact) mass is 386 g/mol. The van der Waals surface area contributed by atoms with Gasteiger partial charge in [0.25, 0.3) is 0 Å². The van der Waals surface area contributed by atoms with Crippen LogP contribution in [0.3, 0.4) is 0 Å². The maximum absolute atomic E-state index is 5.74. The molecule has 3 fully saturated rings. The summed E-state index contributed by atoms with van der Waals surface area (Å²) in [5.74, 6) is 6.88. The molecule has 2 unspecified atom stereocenters. The average Bonchev–Trinajstić information content (AvgIpc) is 3.11. The van der Waals surface area contributed by atoms with Gasteiger partial charge in [0, 0.05) is 7.11 Å². The lowest BCUT2D eigenvalue weighted by Crippen LogP contribution is -2.47. The Labute approximate surface area is 175 Å². The van der Waals surface area contributed by atoms with Crippen LogP contribution in [0, 0.1) is 46.8 Å². The van der Waals surface area contributed by atoms with Crippen molar-refractivity contribution in [2.45, 2.75) is 104 Å². The van der Waals surface area contributed by atoms with Gasteiger partial charge in [-0.25, -0.2) is 0 Å². The average molecular weight is 387 g/mol. The van der Waals surface area contributed by atoms with Gasteiger partial charge >= 0.3 is 0 Å². The molecule has 0 aromatic carbocycles. The Kier molecular flexibility index (Phi) is 6.32. The van der Waals surface area contributed by atoms with Crippen molar-refractivity contribution in [3.05, 3.63) is 11.6 Å². The number of fused-ring (bicyclic) bond motifs is 5. The van der Waals surface area contributed by atoms with E-state index in [0.29, 0.717) is 11.5 Å². The number of hydrogen-bond donors (Lipinski definition) is 0. The fraction of sp³-hybridized carbons (Fsp3) is 0.926. The van der Waals surface area contributed by atoms with Crippen molar-refractivity contribution in [1.29, 1.82) is 0 Å². The van der Waals surface area contributed by atoms with E-state index in [1.807, 2.05) is 7.11 Å². The minimum absolute atomic E-state index is 0.481. The predicted octanol–water partition coefficient (Wildman–Crippen LogP) is 7.65. The summed E-state index contributed by atoms with van der Waals surface area (Å²) in [5, 5.41) is 0. The second-order valence-electron chi connectivity index (χ2n) is 11.7. The van der Waals surface area contributed by atoms with Crippen LogP contribution >= 0.6 is 0 Å². The van der Waals surface area contributed by atoms with Gasteiger partial charge in [0.05, 0.1) is 6.10 Å². The van der Waals surface area contributed by atoms with Crippen LogP contribution in [-0.2, 0) is 4.74 Å². The van der Waals surface area contributed by atoms with Gasteiger partial charge in [-0.3, -0.25) is 0 Å². The Morgan fingerprint density at radius 3 is 2.54 bits per heavy atom. The van der Waals surface area contributed by atoms with Gasteiger partial charge in [-0.15, -0.1) is 0 Å². The van der Waals surface area contributed by atoms with E-state index < -0.39 is 0 Å². The molecule has 4 aliphatic carbocycles. The second kappa shape index (κ2) is 8.44. The molecule has 4 rings (SSSR count). The first-order valence-electron chi connectivity index (χ1n) is 12.7. The summed E-state index contributed by atoms with van der Waals surface area (Å²) in [4.78, 5) is 0. The highest BCUT2D eigenvalue weighted by atomic mass is 16.5. The van der Waals surface area contributed by atoms with E-state index in [9.17, 15) is 0 Å². The molecule has 0 spiro atoms. The molecule has 0 amide bonds. The molecule has 0 radical (unpaired) electrons. The third-order valence-electron chi connectivity index (χ3n) is 9.94. The van der Waals surface area contributed by atoms with E-state index in [-0.39, 0.29) is 0 Å². The molecule has 4 aliphatic rings. The summed E-state index contributed by atoms with van der Waals surface area (Å²) >= 11 is 0. The number of allylic oxidation sites excluding steroid dienone is 1. The summed E-state index contributed by atoms with van der Waals surface area (Å²) in [5.41, 5.74) is 2.26. The predicted molar refractivity (Wildman–Crippen MR) is 119 cm³/mol. The van der Waals surface area contributed by atoms with Gasteiger partial charge in [0.2, 0.25) is 0 Å². The topological polar surface area (TPSA) is 9.23 Å². The van der Waals surface area contributed by atoms with Crippen LogP contribution in [0.25, 0.3) is 0 Å². The van der Waals surface area contributed by atoms with Gasteiger partial charge in [0.1, 0.15) is 0 Å². The van der Waals surface area contributed by atoms with Gasteiger partial charge in [-0.05, 0) is 98.2 Å². The molecule has 28 heavy (non-hydrogen) atoms. The molecule has 0 aliphatic heterocycles. The van der Waals surface area contributed by atoms with Crippen LogP contribution in [0.1, 0.15) is 98.3 Å². The molecule has 0 aromatic rings. The van der Waals surface area contributed by atoms with Crippen LogP contribution in [-0.4, -0.2) is 13.2 Å². The number of ether oxygens (including phenoxy) is 1. The molecule has 0 aromatic heterocycles. The summed E-state index contributed by atoms with van der Waals surface area (Å²) in [6.45, 7) is 9.97. The zero-order chi connectivity index (χ0) is 19.9. The molecule has 8 atom stereocenters. The summed E-state index contributed by atoms with van der Waals surface area (Å²) in [7, 11) is 1.91. The molecule has 3 saturated carbocycles. The van der Waals surface area contributed by atoms with Crippen molar-refractivity contribution in [3.8, 4) is 0 Å². The Bertz CT molecular complexity index is 563. The largest absolute Gasteiger partial charge is 0.381 e. The minimum Gasteiger partial charge on any atom is -0.381 e. The SMILES string of the molecule is CO[C@H]1CC[C@@]2(C)C(=CC[C@H]3C4CC[C@H]([C@H](C)CCCC(C)C)[C@H]4CCC32)C1. The van der Waals surface area contributed by atoms with Crippen molar-refractivity contribution in [1.82, 2.24) is 0 Å². The van der Waals surface area contributed by atoms with Crippen molar-refractivity contribution in [3.63, 3.8) is 0 Å². The fourth-order valence-electron chi connectivity index (χ4n) is 8.29. The quantitative estimate of drug-likeness (QED) is 0.426. The molecule has 0 heterocycles. The lowest BCUT2D eigenvalue weighted by atomic mass is 9.50. The van der Waals surface area contributed by atoms with E-state index in [1.54, 1.807) is 5.57 Å². The smallest absolute Gasteiger partial charge is 0.0608 e. The summed E-state index contributed by atoms with van der Waals surface area (Å²) in [6.07, 6.45) is 18.8. The normalized spacial score (nSPS) is 43.9. The molecular weight excluding hydrogens is 340 g/mol. The van der Waals surface area contributed by atoms with E-state index in [0.717, 1.165) is 41.4 Å². The highest BCUT2D eigenvalue weighted by Crippen LogP contribution is 2.63. The van der Waals surface area contributed by atoms with Gasteiger partial charge in [0.15, 0.2) is 0 Å². The molecule has 160 valence electrons. The molecular formula is C27H46O. The third kappa shape index (κ3) is 3.75. The Morgan fingerprint density at radius 1 is 1.00 bits per heavy atom. The Balaban J connectivity index is 1.43. The number of methoxy groups -OCH3 is 1. The van der Waals surface area contributed by atoms with Gasteiger partial charge < -0.3 is 4.74 Å². The zero-order valence-corrected chi connectivity index (χ0v) is 19.4. The van der Waals surface area contributed by atoms with E-state index in [2.05, 4.69) is 33.8 Å². The van der Waals surface area contributed by atoms with Crippen molar-refractivity contribution in [2.75, 3.05) is 7.11 Å². The van der Waals surface area contributed by atoms with Crippen molar-refractivity contribution in [2.24, 2.45) is 46.8 Å². The third-order valence-corrected chi connectivity index (χ3v) is 9.94. The number of rotatable bonds is 6. The van der Waals surface area contributed by atoms with Crippen LogP contribution in [0.4, 0.5) is 0 Å². The molecule has 1 heteroatoms. The van der Waals surface area contributed by atoms with Gasteiger partial charge in [-0.1, -0.05) is 58.6 Å². The lowest BCUT2D eigenvalue weighted by Gasteiger charge is -2.55. The van der Waals surface area contributed by atoms with E-state index in [1.165, 1.54) is 70.6 Å². The standard InChI is InChI=1S/C27H46O/c1-18(2)7-6-8-19(3)22-11-12-24-23(22)13-14-26-25(24)10-9-20-17-21(28-5)15-16-27(20,26)4/h9,18-19,21-26H,6-8,10-17H2,1-5H3/t19-,21+,22-,23-,24?,25+,26?,27+/m1/s1. The maximum atomic E-state index is 5.74.